The van der Waals surface area contributed by atoms with Crippen molar-refractivity contribution in [3.63, 3.8) is 0 Å². The molecular formula is C29H41N3O3. The Balaban J connectivity index is 1.24. The van der Waals surface area contributed by atoms with Crippen LogP contribution in [-0.2, 0) is 16.1 Å². The first-order valence-electron chi connectivity index (χ1n) is 13.8. The normalized spacial score (nSPS) is 42.9. The molecule has 0 aliphatic heterocycles. The van der Waals surface area contributed by atoms with Gasteiger partial charge in [0.1, 0.15) is 12.1 Å². The number of rotatable bonds is 5. The SMILES string of the molecule is COC[C@]12CC[C@@](C)(O)C[C@@H]1CC[C@H]1[C@@H]3CC[C@H](C(=O)Cn4ncc5ncccc54)[C@@]3(C)CC[C@@H]12. The van der Waals surface area contributed by atoms with Gasteiger partial charge < -0.3 is 9.84 Å². The van der Waals surface area contributed by atoms with Crippen molar-refractivity contribution in [1.82, 2.24) is 14.8 Å². The van der Waals surface area contributed by atoms with Crippen LogP contribution in [0.3, 0.4) is 0 Å². The van der Waals surface area contributed by atoms with Crippen LogP contribution in [0.25, 0.3) is 11.0 Å². The van der Waals surface area contributed by atoms with E-state index in [0.29, 0.717) is 36.0 Å². The van der Waals surface area contributed by atoms with Crippen LogP contribution in [0.15, 0.2) is 24.5 Å². The summed E-state index contributed by atoms with van der Waals surface area (Å²) in [6.07, 6.45) is 13.3. The van der Waals surface area contributed by atoms with E-state index in [1.807, 2.05) is 30.8 Å². The first kappa shape index (κ1) is 23.6. The van der Waals surface area contributed by atoms with E-state index in [1.165, 1.54) is 25.7 Å². The molecule has 6 rings (SSSR count). The van der Waals surface area contributed by atoms with Crippen LogP contribution in [-0.4, -0.2) is 45.0 Å². The monoisotopic (exact) mass is 479 g/mol. The Kier molecular flexibility index (Phi) is 5.65. The molecule has 4 saturated carbocycles. The van der Waals surface area contributed by atoms with E-state index in [9.17, 15) is 9.90 Å². The van der Waals surface area contributed by atoms with E-state index in [2.05, 4.69) is 17.0 Å². The van der Waals surface area contributed by atoms with Crippen LogP contribution >= 0.6 is 0 Å². The van der Waals surface area contributed by atoms with Crippen molar-refractivity contribution in [1.29, 1.82) is 0 Å². The largest absolute Gasteiger partial charge is 0.390 e. The van der Waals surface area contributed by atoms with E-state index in [-0.39, 0.29) is 16.7 Å². The molecule has 6 nitrogen and oxygen atoms in total. The highest BCUT2D eigenvalue weighted by Gasteiger charge is 2.63. The van der Waals surface area contributed by atoms with Gasteiger partial charge in [-0.15, -0.1) is 0 Å². The smallest absolute Gasteiger partial charge is 0.157 e. The molecule has 0 amide bonds. The average Bonchev–Trinajstić information content (AvgIpc) is 3.40. The number of pyridine rings is 1. The van der Waals surface area contributed by atoms with Crippen molar-refractivity contribution < 1.29 is 14.6 Å². The average molecular weight is 480 g/mol. The molecule has 1 N–H and O–H groups in total. The van der Waals surface area contributed by atoms with Crippen LogP contribution in [0.4, 0.5) is 0 Å². The number of ether oxygens (including phenoxy) is 1. The summed E-state index contributed by atoms with van der Waals surface area (Å²) in [4.78, 5) is 18.1. The predicted molar refractivity (Wildman–Crippen MR) is 135 cm³/mol. The molecule has 2 heterocycles. The zero-order valence-corrected chi connectivity index (χ0v) is 21.6. The number of methoxy groups -OCH3 is 1. The van der Waals surface area contributed by atoms with E-state index < -0.39 is 5.60 Å². The van der Waals surface area contributed by atoms with Gasteiger partial charge >= 0.3 is 0 Å². The summed E-state index contributed by atoms with van der Waals surface area (Å²) in [6.45, 7) is 5.62. The zero-order chi connectivity index (χ0) is 24.4. The minimum atomic E-state index is -0.533. The van der Waals surface area contributed by atoms with Gasteiger partial charge in [0.05, 0.1) is 23.9 Å². The summed E-state index contributed by atoms with van der Waals surface area (Å²) in [5.74, 6) is 2.96. The number of aliphatic hydroxyl groups is 1. The summed E-state index contributed by atoms with van der Waals surface area (Å²) in [7, 11) is 1.86. The minimum Gasteiger partial charge on any atom is -0.390 e. The molecular weight excluding hydrogens is 438 g/mol. The molecule has 8 atom stereocenters. The third-order valence-corrected chi connectivity index (χ3v) is 11.2. The third kappa shape index (κ3) is 3.61. The van der Waals surface area contributed by atoms with Crippen molar-refractivity contribution in [2.24, 2.45) is 40.4 Å². The lowest BCUT2D eigenvalue weighted by Crippen LogP contribution is -2.58. The lowest BCUT2D eigenvalue weighted by atomic mass is 9.43. The number of ketones is 1. The van der Waals surface area contributed by atoms with E-state index in [0.717, 1.165) is 49.7 Å². The second kappa shape index (κ2) is 8.37. The second-order valence-electron chi connectivity index (χ2n) is 12.9. The number of hydrogen-bond donors (Lipinski definition) is 1. The summed E-state index contributed by atoms with van der Waals surface area (Å²) in [5, 5.41) is 15.3. The Hall–Kier alpha value is -1.79. The number of hydrogen-bond acceptors (Lipinski definition) is 5. The maximum atomic E-state index is 13.7. The summed E-state index contributed by atoms with van der Waals surface area (Å²) < 4.78 is 7.74. The number of carbonyl (C=O) groups is 1. The van der Waals surface area contributed by atoms with Gasteiger partial charge in [0.2, 0.25) is 0 Å². The Morgan fingerprint density at radius 1 is 1.14 bits per heavy atom. The minimum absolute atomic E-state index is 0.0840. The van der Waals surface area contributed by atoms with E-state index >= 15 is 0 Å². The van der Waals surface area contributed by atoms with E-state index in [4.69, 9.17) is 4.74 Å². The highest BCUT2D eigenvalue weighted by molar-refractivity contribution is 5.84. The van der Waals surface area contributed by atoms with Gasteiger partial charge in [0, 0.05) is 19.2 Å². The van der Waals surface area contributed by atoms with Crippen molar-refractivity contribution in [3.8, 4) is 0 Å². The first-order chi connectivity index (χ1) is 16.8. The molecule has 0 unspecified atom stereocenters. The Bertz CT molecular complexity index is 1110. The lowest BCUT2D eigenvalue weighted by Gasteiger charge is -2.62. The summed E-state index contributed by atoms with van der Waals surface area (Å²) >= 11 is 0. The molecule has 6 heteroatoms. The fourth-order valence-electron chi connectivity index (χ4n) is 9.61. The summed E-state index contributed by atoms with van der Waals surface area (Å²) in [5.41, 5.74) is 1.54. The van der Waals surface area contributed by atoms with Crippen LogP contribution in [0, 0.1) is 40.4 Å². The van der Waals surface area contributed by atoms with Crippen molar-refractivity contribution in [3.05, 3.63) is 24.5 Å². The van der Waals surface area contributed by atoms with Crippen LogP contribution in [0.1, 0.15) is 71.6 Å². The van der Waals surface area contributed by atoms with Gasteiger partial charge in [-0.3, -0.25) is 14.5 Å². The van der Waals surface area contributed by atoms with Crippen LogP contribution < -0.4 is 0 Å². The van der Waals surface area contributed by atoms with Gasteiger partial charge in [-0.1, -0.05) is 6.92 Å². The highest BCUT2D eigenvalue weighted by atomic mass is 16.5. The van der Waals surface area contributed by atoms with Gasteiger partial charge in [0.15, 0.2) is 5.78 Å². The molecule has 0 saturated heterocycles. The Morgan fingerprint density at radius 2 is 2.00 bits per heavy atom. The summed E-state index contributed by atoms with van der Waals surface area (Å²) in [6, 6.07) is 3.91. The molecule has 0 bridgehead atoms. The van der Waals surface area contributed by atoms with Gasteiger partial charge in [-0.2, -0.15) is 5.10 Å². The fourth-order valence-corrected chi connectivity index (χ4v) is 9.61. The molecule has 4 aliphatic carbocycles. The molecule has 0 aromatic carbocycles. The highest BCUT2D eigenvalue weighted by Crippen LogP contribution is 2.68. The molecule has 4 fully saturated rings. The quantitative estimate of drug-likeness (QED) is 0.650. The molecule has 2 aromatic rings. The number of aromatic nitrogens is 3. The number of fused-ring (bicyclic) bond motifs is 6. The Labute approximate surface area is 208 Å². The van der Waals surface area contributed by atoms with Crippen molar-refractivity contribution >= 4 is 16.8 Å². The van der Waals surface area contributed by atoms with Gasteiger partial charge in [-0.05, 0) is 111 Å². The zero-order valence-electron chi connectivity index (χ0n) is 21.6. The Morgan fingerprint density at radius 3 is 2.83 bits per heavy atom. The molecule has 190 valence electrons. The maximum absolute atomic E-state index is 13.7. The molecule has 4 aliphatic rings. The molecule has 2 aromatic heterocycles. The molecule has 0 radical (unpaired) electrons. The van der Waals surface area contributed by atoms with Gasteiger partial charge in [0.25, 0.3) is 0 Å². The third-order valence-electron chi connectivity index (χ3n) is 11.2. The van der Waals surface area contributed by atoms with Crippen molar-refractivity contribution in [2.75, 3.05) is 13.7 Å². The van der Waals surface area contributed by atoms with E-state index in [1.54, 1.807) is 12.4 Å². The first-order valence-corrected chi connectivity index (χ1v) is 13.8. The second-order valence-corrected chi connectivity index (χ2v) is 12.9. The van der Waals surface area contributed by atoms with Crippen molar-refractivity contribution in [2.45, 2.75) is 83.8 Å². The number of carbonyl (C=O) groups excluding carboxylic acids is 1. The molecule has 35 heavy (non-hydrogen) atoms. The molecule has 0 spiro atoms. The van der Waals surface area contributed by atoms with Crippen LogP contribution in [0.5, 0.6) is 0 Å². The maximum Gasteiger partial charge on any atom is 0.157 e. The van der Waals surface area contributed by atoms with Crippen LogP contribution in [0.2, 0.25) is 0 Å². The standard InChI is InChI=1S/C29H41N3O3/c1-27(34)12-13-29(18-35-3)19(15-27)6-7-20-21-8-9-23(28(21,2)11-10-22(20)29)26(33)17-32-25-5-4-14-30-24(25)16-31-32/h4-5,14,16,19-23,34H,6-13,15,17-18H2,1-3H3/t19-,20-,21-,22-,23+,27+,28-,29+/m0/s1. The van der Waals surface area contributed by atoms with Gasteiger partial charge in [-0.25, -0.2) is 0 Å². The lowest BCUT2D eigenvalue weighted by molar-refractivity contribution is -0.175. The number of nitrogens with zero attached hydrogens (tertiary/aromatic N) is 3. The fraction of sp³-hybridized carbons (Fsp3) is 0.759. The topological polar surface area (TPSA) is 77.2 Å². The number of Topliss-reactive ketones (excluding diaryl/α,β-unsaturated/α-hetero) is 1. The predicted octanol–water partition coefficient (Wildman–Crippen LogP) is 5.04.